The monoisotopic (exact) mass is 291 g/mol. The molecule has 1 heterocycles. The summed E-state index contributed by atoms with van der Waals surface area (Å²) in [5, 5.41) is 11.4. The number of nitrogens with one attached hydrogen (secondary N) is 1. The lowest BCUT2D eigenvalue weighted by atomic mass is 10.1. The lowest BCUT2D eigenvalue weighted by molar-refractivity contribution is -0.137. The number of ether oxygens (including phenoxy) is 1. The average molecular weight is 291 g/mol. The summed E-state index contributed by atoms with van der Waals surface area (Å²) in [6, 6.07) is 7.70. The second-order valence-electron chi connectivity index (χ2n) is 5.27. The first-order valence-corrected chi connectivity index (χ1v) is 7.41. The normalized spacial score (nSPS) is 16.1. The van der Waals surface area contributed by atoms with E-state index in [1.807, 2.05) is 24.3 Å². The molecule has 0 saturated carbocycles. The summed E-state index contributed by atoms with van der Waals surface area (Å²) in [5.41, 5.74) is 1.08. The number of para-hydroxylation sites is 1. The third-order valence-corrected chi connectivity index (χ3v) is 3.56. The summed E-state index contributed by atoms with van der Waals surface area (Å²) < 4.78 is 5.61. The van der Waals surface area contributed by atoms with Crippen LogP contribution in [-0.2, 0) is 16.0 Å². The molecule has 1 aliphatic heterocycles. The van der Waals surface area contributed by atoms with Crippen LogP contribution < -0.4 is 10.1 Å². The van der Waals surface area contributed by atoms with Crippen LogP contribution in [0.4, 0.5) is 0 Å². The first-order chi connectivity index (χ1) is 10.2. The standard InChI is InChI=1S/C16H21NO4/c18-15(19)9-3-1-2-6-10-17-16(20)14-11-12-7-4-5-8-13(12)21-14/h4-5,7-8,14H,1-3,6,9-11H2,(H,17,20)(H,18,19)/t14-/m0/s1. The largest absolute Gasteiger partial charge is 0.481 e. The van der Waals surface area contributed by atoms with Gasteiger partial charge >= 0.3 is 5.97 Å². The zero-order valence-corrected chi connectivity index (χ0v) is 12.0. The van der Waals surface area contributed by atoms with Gasteiger partial charge in [0.05, 0.1) is 0 Å². The predicted octanol–water partition coefficient (Wildman–Crippen LogP) is 2.14. The van der Waals surface area contributed by atoms with Crippen LogP contribution in [0.5, 0.6) is 5.75 Å². The lowest BCUT2D eigenvalue weighted by Crippen LogP contribution is -2.37. The summed E-state index contributed by atoms with van der Waals surface area (Å²) in [4.78, 5) is 22.3. The van der Waals surface area contributed by atoms with Crippen LogP contribution in [0, 0.1) is 0 Å². The number of carbonyl (C=O) groups is 2. The molecule has 1 aromatic carbocycles. The van der Waals surface area contributed by atoms with Crippen molar-refractivity contribution in [1.82, 2.24) is 5.32 Å². The van der Waals surface area contributed by atoms with Crippen molar-refractivity contribution in [3.63, 3.8) is 0 Å². The smallest absolute Gasteiger partial charge is 0.303 e. The molecule has 1 aliphatic rings. The highest BCUT2D eigenvalue weighted by atomic mass is 16.5. The topological polar surface area (TPSA) is 75.6 Å². The van der Waals surface area contributed by atoms with Gasteiger partial charge in [-0.25, -0.2) is 0 Å². The van der Waals surface area contributed by atoms with Crippen molar-refractivity contribution < 1.29 is 19.4 Å². The highest BCUT2D eigenvalue weighted by Crippen LogP contribution is 2.28. The average Bonchev–Trinajstić information content (AvgIpc) is 2.89. The van der Waals surface area contributed by atoms with Gasteiger partial charge in [0.2, 0.25) is 0 Å². The minimum atomic E-state index is -0.749. The Kier molecular flexibility index (Phi) is 5.60. The summed E-state index contributed by atoms with van der Waals surface area (Å²) in [6.45, 7) is 0.613. The van der Waals surface area contributed by atoms with E-state index in [1.165, 1.54) is 0 Å². The molecule has 1 amide bonds. The molecule has 5 heteroatoms. The van der Waals surface area contributed by atoms with Crippen molar-refractivity contribution >= 4 is 11.9 Å². The van der Waals surface area contributed by atoms with Gasteiger partial charge in [0.25, 0.3) is 5.91 Å². The molecule has 0 spiro atoms. The van der Waals surface area contributed by atoms with E-state index >= 15 is 0 Å². The number of carbonyl (C=O) groups excluding carboxylic acids is 1. The second kappa shape index (κ2) is 7.67. The fourth-order valence-electron chi connectivity index (χ4n) is 2.41. The van der Waals surface area contributed by atoms with Gasteiger partial charge in [0.15, 0.2) is 6.10 Å². The van der Waals surface area contributed by atoms with E-state index in [2.05, 4.69) is 5.32 Å². The molecule has 0 fully saturated rings. The zero-order valence-electron chi connectivity index (χ0n) is 12.0. The number of unbranched alkanes of at least 4 members (excludes halogenated alkanes) is 3. The Hall–Kier alpha value is -2.04. The molecule has 2 N–H and O–H groups in total. The molecule has 0 radical (unpaired) electrons. The van der Waals surface area contributed by atoms with E-state index in [4.69, 9.17) is 9.84 Å². The molecular formula is C16H21NO4. The van der Waals surface area contributed by atoms with Crippen LogP contribution in [0.1, 0.15) is 37.7 Å². The second-order valence-corrected chi connectivity index (χ2v) is 5.27. The third kappa shape index (κ3) is 4.77. The van der Waals surface area contributed by atoms with Crippen LogP contribution in [-0.4, -0.2) is 29.6 Å². The lowest BCUT2D eigenvalue weighted by Gasteiger charge is -2.11. The van der Waals surface area contributed by atoms with Gasteiger partial charge in [-0.1, -0.05) is 31.0 Å². The van der Waals surface area contributed by atoms with Crippen molar-refractivity contribution in [3.8, 4) is 5.75 Å². The molecule has 0 bridgehead atoms. The van der Waals surface area contributed by atoms with Crippen LogP contribution in [0.15, 0.2) is 24.3 Å². The molecule has 21 heavy (non-hydrogen) atoms. The van der Waals surface area contributed by atoms with Crippen LogP contribution in [0.2, 0.25) is 0 Å². The van der Waals surface area contributed by atoms with Gasteiger partial charge in [-0.15, -0.1) is 0 Å². The van der Waals surface area contributed by atoms with E-state index in [1.54, 1.807) is 0 Å². The number of rotatable bonds is 8. The van der Waals surface area contributed by atoms with Crippen molar-refractivity contribution in [2.75, 3.05) is 6.54 Å². The van der Waals surface area contributed by atoms with Crippen LogP contribution >= 0.6 is 0 Å². The van der Waals surface area contributed by atoms with E-state index < -0.39 is 12.1 Å². The van der Waals surface area contributed by atoms with Crippen molar-refractivity contribution in [2.45, 2.75) is 44.6 Å². The van der Waals surface area contributed by atoms with Gasteiger partial charge in [0.1, 0.15) is 5.75 Å². The summed E-state index contributed by atoms with van der Waals surface area (Å²) in [5.74, 6) is -0.0238. The van der Waals surface area contributed by atoms with Crippen LogP contribution in [0.3, 0.4) is 0 Å². The number of benzene rings is 1. The SMILES string of the molecule is O=C(O)CCCCCCNC(=O)[C@@H]1Cc2ccccc2O1. The van der Waals surface area contributed by atoms with Crippen LogP contribution in [0.25, 0.3) is 0 Å². The van der Waals surface area contributed by atoms with Gasteiger partial charge in [-0.3, -0.25) is 9.59 Å². The number of carboxylic acid groups (broad SMARTS) is 1. The molecule has 0 aliphatic carbocycles. The Bertz CT molecular complexity index is 476. The van der Waals surface area contributed by atoms with Crippen molar-refractivity contribution in [2.24, 2.45) is 0 Å². The Morgan fingerprint density at radius 3 is 2.71 bits per heavy atom. The molecule has 0 unspecified atom stereocenters. The molecule has 0 saturated heterocycles. The minimum absolute atomic E-state index is 0.0725. The Morgan fingerprint density at radius 2 is 1.95 bits per heavy atom. The first-order valence-electron chi connectivity index (χ1n) is 7.41. The van der Waals surface area contributed by atoms with Gasteiger partial charge in [-0.05, 0) is 24.5 Å². The van der Waals surface area contributed by atoms with Gasteiger partial charge < -0.3 is 15.2 Å². The highest BCUT2D eigenvalue weighted by Gasteiger charge is 2.28. The maximum absolute atomic E-state index is 12.0. The van der Waals surface area contributed by atoms with Gasteiger partial charge in [-0.2, -0.15) is 0 Å². The number of amides is 1. The fourth-order valence-corrected chi connectivity index (χ4v) is 2.41. The number of hydrogen-bond donors (Lipinski definition) is 2. The fraction of sp³-hybridized carbons (Fsp3) is 0.500. The summed E-state index contributed by atoms with van der Waals surface area (Å²) >= 11 is 0. The number of hydrogen-bond acceptors (Lipinski definition) is 3. The van der Waals surface area contributed by atoms with E-state index in [-0.39, 0.29) is 12.3 Å². The quantitative estimate of drug-likeness (QED) is 0.720. The maximum Gasteiger partial charge on any atom is 0.303 e. The number of carboxylic acids is 1. The van der Waals surface area contributed by atoms with E-state index in [0.29, 0.717) is 19.4 Å². The third-order valence-electron chi connectivity index (χ3n) is 3.56. The molecule has 5 nitrogen and oxygen atoms in total. The Labute approximate surface area is 124 Å². The summed E-state index contributed by atoms with van der Waals surface area (Å²) in [7, 11) is 0. The predicted molar refractivity (Wildman–Crippen MR) is 78.3 cm³/mol. The van der Waals surface area contributed by atoms with Gasteiger partial charge in [0, 0.05) is 19.4 Å². The number of fused-ring (bicyclic) bond motifs is 1. The molecule has 1 atom stereocenters. The molecule has 114 valence electrons. The first kappa shape index (κ1) is 15.4. The van der Waals surface area contributed by atoms with Crippen molar-refractivity contribution in [1.29, 1.82) is 0 Å². The molecular weight excluding hydrogens is 270 g/mol. The highest BCUT2D eigenvalue weighted by molar-refractivity contribution is 5.82. The van der Waals surface area contributed by atoms with Crippen molar-refractivity contribution in [3.05, 3.63) is 29.8 Å². The maximum atomic E-state index is 12.0. The number of aliphatic carboxylic acids is 1. The van der Waals surface area contributed by atoms with E-state index in [9.17, 15) is 9.59 Å². The molecule has 1 aromatic rings. The Morgan fingerprint density at radius 1 is 1.19 bits per heavy atom. The Balaban J connectivity index is 1.58. The zero-order chi connectivity index (χ0) is 15.1. The summed E-state index contributed by atoms with van der Waals surface area (Å²) in [6.07, 6.45) is 3.80. The minimum Gasteiger partial charge on any atom is -0.481 e. The molecule has 2 rings (SSSR count). The van der Waals surface area contributed by atoms with E-state index in [0.717, 1.165) is 30.6 Å². The molecule has 0 aromatic heterocycles.